The van der Waals surface area contributed by atoms with Gasteiger partial charge in [0.05, 0.1) is 5.56 Å². The van der Waals surface area contributed by atoms with Crippen LogP contribution in [-0.2, 0) is 11.3 Å². The summed E-state index contributed by atoms with van der Waals surface area (Å²) in [7, 11) is 0. The quantitative estimate of drug-likeness (QED) is 0.438. The summed E-state index contributed by atoms with van der Waals surface area (Å²) in [4.78, 5) is 0. The lowest BCUT2D eigenvalue weighted by Gasteiger charge is -2.10. The SMILES string of the molecule is N=C(OCc1ccccc1)c1cc(N)ccc1N. The summed E-state index contributed by atoms with van der Waals surface area (Å²) in [6, 6.07) is 14.7. The Morgan fingerprint density at radius 1 is 1.06 bits per heavy atom. The molecule has 0 saturated heterocycles. The van der Waals surface area contributed by atoms with Gasteiger partial charge in [-0.15, -0.1) is 0 Å². The Morgan fingerprint density at radius 3 is 2.50 bits per heavy atom. The predicted molar refractivity (Wildman–Crippen MR) is 73.3 cm³/mol. The van der Waals surface area contributed by atoms with E-state index in [0.717, 1.165) is 5.56 Å². The highest BCUT2D eigenvalue weighted by molar-refractivity contribution is 5.97. The first kappa shape index (κ1) is 12.0. The third kappa shape index (κ3) is 2.79. The van der Waals surface area contributed by atoms with E-state index in [1.54, 1.807) is 18.2 Å². The number of hydrogen-bond acceptors (Lipinski definition) is 4. The molecule has 18 heavy (non-hydrogen) atoms. The zero-order valence-corrected chi connectivity index (χ0v) is 9.89. The minimum absolute atomic E-state index is 0.0312. The first-order valence-corrected chi connectivity index (χ1v) is 5.57. The van der Waals surface area contributed by atoms with E-state index in [1.807, 2.05) is 30.3 Å². The summed E-state index contributed by atoms with van der Waals surface area (Å²) < 4.78 is 5.40. The molecule has 2 aromatic rings. The molecular formula is C14H15N3O. The topological polar surface area (TPSA) is 85.1 Å². The minimum atomic E-state index is 0.0312. The predicted octanol–water partition coefficient (Wildman–Crippen LogP) is 2.39. The molecule has 0 atom stereocenters. The van der Waals surface area contributed by atoms with Crippen LogP contribution in [0.2, 0.25) is 0 Å². The fourth-order valence-corrected chi connectivity index (χ4v) is 1.58. The maximum absolute atomic E-state index is 7.86. The first-order chi connectivity index (χ1) is 8.66. The van der Waals surface area contributed by atoms with Gasteiger partial charge in [0.2, 0.25) is 5.90 Å². The minimum Gasteiger partial charge on any atom is -0.473 e. The molecule has 0 heterocycles. The van der Waals surface area contributed by atoms with Crippen LogP contribution >= 0.6 is 0 Å². The molecule has 0 bridgehead atoms. The van der Waals surface area contributed by atoms with Crippen LogP contribution in [0.4, 0.5) is 11.4 Å². The van der Waals surface area contributed by atoms with Crippen molar-refractivity contribution < 1.29 is 4.74 Å². The van der Waals surface area contributed by atoms with E-state index in [1.165, 1.54) is 0 Å². The normalized spacial score (nSPS) is 10.0. The second kappa shape index (κ2) is 5.23. The molecule has 92 valence electrons. The fraction of sp³-hybridized carbons (Fsp3) is 0.0714. The molecule has 4 heteroatoms. The maximum atomic E-state index is 7.86. The second-order valence-electron chi connectivity index (χ2n) is 3.95. The Bertz CT molecular complexity index is 552. The Labute approximate surface area is 106 Å². The Morgan fingerprint density at radius 2 is 1.78 bits per heavy atom. The van der Waals surface area contributed by atoms with Crippen molar-refractivity contribution in [1.82, 2.24) is 0 Å². The van der Waals surface area contributed by atoms with Crippen LogP contribution in [0.3, 0.4) is 0 Å². The van der Waals surface area contributed by atoms with Crippen LogP contribution in [0.15, 0.2) is 48.5 Å². The summed E-state index contributed by atoms with van der Waals surface area (Å²) in [6.07, 6.45) is 0. The highest BCUT2D eigenvalue weighted by Gasteiger charge is 2.07. The number of nitrogens with two attached hydrogens (primary N) is 2. The van der Waals surface area contributed by atoms with Gasteiger partial charge >= 0.3 is 0 Å². The highest BCUT2D eigenvalue weighted by atomic mass is 16.5. The van der Waals surface area contributed by atoms with Crippen LogP contribution in [0.1, 0.15) is 11.1 Å². The van der Waals surface area contributed by atoms with Crippen molar-refractivity contribution in [3.63, 3.8) is 0 Å². The van der Waals surface area contributed by atoms with Crippen molar-refractivity contribution in [3.05, 3.63) is 59.7 Å². The number of nitrogens with one attached hydrogen (secondary N) is 1. The molecule has 2 aromatic carbocycles. The van der Waals surface area contributed by atoms with Gasteiger partial charge in [-0.3, -0.25) is 5.41 Å². The van der Waals surface area contributed by atoms with Crippen LogP contribution < -0.4 is 11.5 Å². The Hall–Kier alpha value is -2.49. The van der Waals surface area contributed by atoms with Gasteiger partial charge in [-0.05, 0) is 23.8 Å². The number of rotatable bonds is 3. The van der Waals surface area contributed by atoms with Crippen LogP contribution in [-0.4, -0.2) is 5.90 Å². The molecule has 0 aliphatic heterocycles. The summed E-state index contributed by atoms with van der Waals surface area (Å²) >= 11 is 0. The molecular weight excluding hydrogens is 226 g/mol. The molecule has 4 nitrogen and oxygen atoms in total. The van der Waals surface area contributed by atoms with Gasteiger partial charge in [0.15, 0.2) is 0 Å². The second-order valence-corrected chi connectivity index (χ2v) is 3.95. The fourth-order valence-electron chi connectivity index (χ4n) is 1.58. The van der Waals surface area contributed by atoms with E-state index in [0.29, 0.717) is 23.5 Å². The van der Waals surface area contributed by atoms with E-state index in [9.17, 15) is 0 Å². The van der Waals surface area contributed by atoms with Gasteiger partial charge in [-0.25, -0.2) is 0 Å². The summed E-state index contributed by atoms with van der Waals surface area (Å²) in [5.41, 5.74) is 14.0. The number of anilines is 2. The summed E-state index contributed by atoms with van der Waals surface area (Å²) in [5, 5.41) is 7.86. The van der Waals surface area contributed by atoms with E-state index in [4.69, 9.17) is 21.6 Å². The van der Waals surface area contributed by atoms with Crippen LogP contribution in [0.5, 0.6) is 0 Å². The molecule has 0 amide bonds. The molecule has 0 unspecified atom stereocenters. The lowest BCUT2D eigenvalue weighted by atomic mass is 10.1. The average Bonchev–Trinajstić information content (AvgIpc) is 2.40. The molecule has 0 spiro atoms. The highest BCUT2D eigenvalue weighted by Crippen LogP contribution is 2.17. The maximum Gasteiger partial charge on any atom is 0.215 e. The van der Waals surface area contributed by atoms with Gasteiger partial charge in [0.1, 0.15) is 6.61 Å². The van der Waals surface area contributed by atoms with Gasteiger partial charge in [0.25, 0.3) is 0 Å². The van der Waals surface area contributed by atoms with Crippen LogP contribution in [0.25, 0.3) is 0 Å². The average molecular weight is 241 g/mol. The van der Waals surface area contributed by atoms with Crippen molar-refractivity contribution in [2.24, 2.45) is 0 Å². The molecule has 0 fully saturated rings. The van der Waals surface area contributed by atoms with Gasteiger partial charge in [-0.2, -0.15) is 0 Å². The number of nitrogen functional groups attached to an aromatic ring is 2. The molecule has 0 aliphatic carbocycles. The zero-order valence-electron chi connectivity index (χ0n) is 9.89. The van der Waals surface area contributed by atoms with Crippen molar-refractivity contribution in [3.8, 4) is 0 Å². The first-order valence-electron chi connectivity index (χ1n) is 5.57. The molecule has 5 N–H and O–H groups in total. The monoisotopic (exact) mass is 241 g/mol. The largest absolute Gasteiger partial charge is 0.473 e. The lowest BCUT2D eigenvalue weighted by Crippen LogP contribution is -2.09. The third-order valence-corrected chi connectivity index (χ3v) is 2.55. The van der Waals surface area contributed by atoms with Crippen LogP contribution in [0, 0.1) is 5.41 Å². The summed E-state index contributed by atoms with van der Waals surface area (Å²) in [6.45, 7) is 0.341. The van der Waals surface area contributed by atoms with Crippen molar-refractivity contribution in [2.75, 3.05) is 11.5 Å². The zero-order chi connectivity index (χ0) is 13.0. The summed E-state index contributed by atoms with van der Waals surface area (Å²) in [5.74, 6) is 0.0312. The van der Waals surface area contributed by atoms with Crippen molar-refractivity contribution >= 4 is 17.3 Å². The molecule has 0 aromatic heterocycles. The molecule has 0 aliphatic rings. The van der Waals surface area contributed by atoms with Gasteiger partial charge in [-0.1, -0.05) is 30.3 Å². The Kier molecular flexibility index (Phi) is 3.48. The number of ether oxygens (including phenoxy) is 1. The standard InChI is InChI=1S/C14H15N3O/c15-11-6-7-13(16)12(8-11)14(17)18-9-10-4-2-1-3-5-10/h1-8,17H,9,15-16H2. The van der Waals surface area contributed by atoms with E-state index in [-0.39, 0.29) is 5.90 Å². The third-order valence-electron chi connectivity index (χ3n) is 2.55. The Balaban J connectivity index is 2.06. The lowest BCUT2D eigenvalue weighted by molar-refractivity contribution is 0.291. The van der Waals surface area contributed by atoms with Crippen molar-refractivity contribution in [1.29, 1.82) is 5.41 Å². The molecule has 0 radical (unpaired) electrons. The van der Waals surface area contributed by atoms with Crippen molar-refractivity contribution in [2.45, 2.75) is 6.61 Å². The van der Waals surface area contributed by atoms with E-state index < -0.39 is 0 Å². The van der Waals surface area contributed by atoms with E-state index >= 15 is 0 Å². The molecule has 2 rings (SSSR count). The van der Waals surface area contributed by atoms with Gasteiger partial charge < -0.3 is 16.2 Å². The smallest absolute Gasteiger partial charge is 0.215 e. The number of hydrogen-bond donors (Lipinski definition) is 3. The van der Waals surface area contributed by atoms with Gasteiger partial charge in [0, 0.05) is 11.4 Å². The van der Waals surface area contributed by atoms with E-state index in [2.05, 4.69) is 0 Å². The molecule has 0 saturated carbocycles. The number of benzene rings is 2.